The minimum Gasteiger partial charge on any atom is -0.397 e. The topological polar surface area (TPSA) is 50.9 Å². The Bertz CT molecular complexity index is 504. The van der Waals surface area contributed by atoms with Gasteiger partial charge < -0.3 is 11.1 Å². The SMILES string of the molecule is Nc1ccc(NC2CCCc3sccc32)nc1. The predicted molar refractivity (Wildman–Crippen MR) is 72.3 cm³/mol. The molecule has 0 saturated heterocycles. The van der Waals surface area contributed by atoms with E-state index in [1.165, 1.54) is 29.7 Å². The van der Waals surface area contributed by atoms with Gasteiger partial charge in [0.05, 0.1) is 17.9 Å². The molecule has 1 unspecified atom stereocenters. The number of thiophene rings is 1. The van der Waals surface area contributed by atoms with Crippen LogP contribution in [0.3, 0.4) is 0 Å². The van der Waals surface area contributed by atoms with E-state index in [9.17, 15) is 0 Å². The van der Waals surface area contributed by atoms with Gasteiger partial charge in [-0.2, -0.15) is 0 Å². The van der Waals surface area contributed by atoms with Gasteiger partial charge in [0.25, 0.3) is 0 Å². The van der Waals surface area contributed by atoms with Crippen LogP contribution in [0.2, 0.25) is 0 Å². The van der Waals surface area contributed by atoms with Crippen LogP contribution in [-0.2, 0) is 6.42 Å². The molecule has 3 rings (SSSR count). The second-order valence-electron chi connectivity index (χ2n) is 4.37. The van der Waals surface area contributed by atoms with Gasteiger partial charge in [-0.05, 0) is 48.4 Å². The van der Waals surface area contributed by atoms with Gasteiger partial charge in [-0.15, -0.1) is 11.3 Å². The van der Waals surface area contributed by atoms with E-state index in [0.29, 0.717) is 11.7 Å². The highest BCUT2D eigenvalue weighted by molar-refractivity contribution is 7.10. The Balaban J connectivity index is 1.81. The van der Waals surface area contributed by atoms with E-state index >= 15 is 0 Å². The normalized spacial score (nSPS) is 18.7. The Morgan fingerprint density at radius 1 is 1.35 bits per heavy atom. The zero-order valence-corrected chi connectivity index (χ0v) is 10.3. The molecular weight excluding hydrogens is 230 g/mol. The van der Waals surface area contributed by atoms with E-state index in [0.717, 1.165) is 5.82 Å². The van der Waals surface area contributed by atoms with Gasteiger partial charge in [-0.25, -0.2) is 4.98 Å². The van der Waals surface area contributed by atoms with Crippen LogP contribution in [-0.4, -0.2) is 4.98 Å². The minimum absolute atomic E-state index is 0.404. The predicted octanol–water partition coefficient (Wildman–Crippen LogP) is 3.21. The van der Waals surface area contributed by atoms with Crippen molar-refractivity contribution in [3.8, 4) is 0 Å². The van der Waals surface area contributed by atoms with Crippen molar-refractivity contribution in [2.75, 3.05) is 11.1 Å². The number of aromatic nitrogens is 1. The Kier molecular flexibility index (Phi) is 2.73. The third-order valence-electron chi connectivity index (χ3n) is 3.16. The monoisotopic (exact) mass is 245 g/mol. The lowest BCUT2D eigenvalue weighted by Gasteiger charge is -2.24. The highest BCUT2D eigenvalue weighted by Crippen LogP contribution is 2.35. The summed E-state index contributed by atoms with van der Waals surface area (Å²) in [6, 6.07) is 6.46. The molecule has 1 aliphatic carbocycles. The quantitative estimate of drug-likeness (QED) is 0.854. The molecule has 0 radical (unpaired) electrons. The van der Waals surface area contributed by atoms with Gasteiger partial charge >= 0.3 is 0 Å². The minimum atomic E-state index is 0.404. The van der Waals surface area contributed by atoms with E-state index < -0.39 is 0 Å². The number of anilines is 2. The van der Waals surface area contributed by atoms with E-state index in [4.69, 9.17) is 5.73 Å². The largest absolute Gasteiger partial charge is 0.397 e. The molecule has 2 heterocycles. The Morgan fingerprint density at radius 2 is 2.29 bits per heavy atom. The zero-order valence-electron chi connectivity index (χ0n) is 9.52. The fourth-order valence-corrected chi connectivity index (χ4v) is 3.29. The first-order valence-corrected chi connectivity index (χ1v) is 6.75. The molecule has 0 spiro atoms. The maximum Gasteiger partial charge on any atom is 0.126 e. The van der Waals surface area contributed by atoms with Crippen molar-refractivity contribution in [1.29, 1.82) is 0 Å². The molecule has 0 fully saturated rings. The molecule has 2 aromatic rings. The number of nitrogens with two attached hydrogens (primary N) is 1. The second kappa shape index (κ2) is 4.37. The van der Waals surface area contributed by atoms with Crippen LogP contribution in [0.1, 0.15) is 29.3 Å². The number of nitrogens with one attached hydrogen (secondary N) is 1. The molecule has 0 amide bonds. The van der Waals surface area contributed by atoms with Crippen LogP contribution in [0.5, 0.6) is 0 Å². The summed E-state index contributed by atoms with van der Waals surface area (Å²) in [6.07, 6.45) is 5.34. The van der Waals surface area contributed by atoms with E-state index in [1.807, 2.05) is 23.5 Å². The smallest absolute Gasteiger partial charge is 0.126 e. The average molecular weight is 245 g/mol. The van der Waals surface area contributed by atoms with Gasteiger partial charge in [0, 0.05) is 4.88 Å². The first-order valence-electron chi connectivity index (χ1n) is 5.87. The molecule has 3 N–H and O–H groups in total. The van der Waals surface area contributed by atoms with Gasteiger partial charge in [-0.1, -0.05) is 0 Å². The second-order valence-corrected chi connectivity index (χ2v) is 5.37. The van der Waals surface area contributed by atoms with Crippen molar-refractivity contribution in [3.05, 3.63) is 40.2 Å². The third-order valence-corrected chi connectivity index (χ3v) is 4.16. The summed E-state index contributed by atoms with van der Waals surface area (Å²) in [5.74, 6) is 0.906. The third kappa shape index (κ3) is 2.13. The number of pyridine rings is 1. The molecule has 0 aromatic carbocycles. The Hall–Kier alpha value is -1.55. The summed E-state index contributed by atoms with van der Waals surface area (Å²) in [5, 5.41) is 5.67. The van der Waals surface area contributed by atoms with Crippen molar-refractivity contribution in [2.24, 2.45) is 0 Å². The lowest BCUT2D eigenvalue weighted by Crippen LogP contribution is -2.16. The van der Waals surface area contributed by atoms with Gasteiger partial charge in [-0.3, -0.25) is 0 Å². The maximum absolute atomic E-state index is 5.63. The fraction of sp³-hybridized carbons (Fsp3) is 0.308. The average Bonchev–Trinajstić information content (AvgIpc) is 2.81. The highest BCUT2D eigenvalue weighted by Gasteiger charge is 2.21. The van der Waals surface area contributed by atoms with E-state index in [2.05, 4.69) is 21.7 Å². The molecule has 1 aliphatic rings. The fourth-order valence-electron chi connectivity index (χ4n) is 2.31. The summed E-state index contributed by atoms with van der Waals surface area (Å²) < 4.78 is 0. The highest BCUT2D eigenvalue weighted by atomic mass is 32.1. The van der Waals surface area contributed by atoms with Gasteiger partial charge in [0.2, 0.25) is 0 Å². The van der Waals surface area contributed by atoms with Crippen LogP contribution in [0.4, 0.5) is 11.5 Å². The molecule has 3 nitrogen and oxygen atoms in total. The van der Waals surface area contributed by atoms with Crippen LogP contribution >= 0.6 is 11.3 Å². The van der Waals surface area contributed by atoms with Crippen molar-refractivity contribution in [3.63, 3.8) is 0 Å². The first kappa shape index (κ1) is 10.6. The zero-order chi connectivity index (χ0) is 11.7. The van der Waals surface area contributed by atoms with Crippen LogP contribution < -0.4 is 11.1 Å². The number of hydrogen-bond donors (Lipinski definition) is 2. The van der Waals surface area contributed by atoms with Crippen molar-refractivity contribution in [1.82, 2.24) is 4.98 Å². The molecular formula is C13H15N3S. The maximum atomic E-state index is 5.63. The molecule has 0 saturated carbocycles. The summed E-state index contributed by atoms with van der Waals surface area (Å²) in [4.78, 5) is 5.81. The van der Waals surface area contributed by atoms with Gasteiger partial charge in [0.1, 0.15) is 5.82 Å². The number of hydrogen-bond acceptors (Lipinski definition) is 4. The lowest BCUT2D eigenvalue weighted by molar-refractivity contribution is 0.607. The van der Waals surface area contributed by atoms with Crippen molar-refractivity contribution >= 4 is 22.8 Å². The van der Waals surface area contributed by atoms with E-state index in [-0.39, 0.29) is 0 Å². The van der Waals surface area contributed by atoms with Crippen molar-refractivity contribution in [2.45, 2.75) is 25.3 Å². The summed E-state index contributed by atoms with van der Waals surface area (Å²) >= 11 is 1.86. The molecule has 17 heavy (non-hydrogen) atoms. The number of rotatable bonds is 2. The summed E-state index contributed by atoms with van der Waals surface area (Å²) in [7, 11) is 0. The number of aryl methyl sites for hydroxylation is 1. The summed E-state index contributed by atoms with van der Waals surface area (Å²) in [6.45, 7) is 0. The Morgan fingerprint density at radius 3 is 3.12 bits per heavy atom. The first-order chi connectivity index (χ1) is 8.33. The number of nitrogens with zero attached hydrogens (tertiary/aromatic N) is 1. The van der Waals surface area contributed by atoms with Gasteiger partial charge in [0.15, 0.2) is 0 Å². The van der Waals surface area contributed by atoms with Crippen LogP contribution in [0.25, 0.3) is 0 Å². The summed E-state index contributed by atoms with van der Waals surface area (Å²) in [5.41, 5.74) is 7.78. The Labute approximate surface area is 105 Å². The van der Waals surface area contributed by atoms with Crippen LogP contribution in [0.15, 0.2) is 29.8 Å². The molecule has 0 bridgehead atoms. The van der Waals surface area contributed by atoms with Crippen LogP contribution in [0, 0.1) is 0 Å². The number of nitrogen functional groups attached to an aromatic ring is 1. The molecule has 1 atom stereocenters. The molecule has 0 aliphatic heterocycles. The lowest BCUT2D eigenvalue weighted by atomic mass is 9.94. The van der Waals surface area contributed by atoms with Crippen molar-refractivity contribution < 1.29 is 0 Å². The standard InChI is InChI=1S/C13H15N3S/c14-9-4-5-13(15-8-9)16-11-2-1-3-12-10(11)6-7-17-12/h4-8,11H,1-3,14H2,(H,15,16). The molecule has 88 valence electrons. The molecule has 4 heteroatoms. The number of fused-ring (bicyclic) bond motifs is 1. The van der Waals surface area contributed by atoms with E-state index in [1.54, 1.807) is 6.20 Å². The molecule has 2 aromatic heterocycles.